The zero-order valence-electron chi connectivity index (χ0n) is 18.1. The van der Waals surface area contributed by atoms with Crippen LogP contribution in [0.2, 0.25) is 0 Å². The van der Waals surface area contributed by atoms with Gasteiger partial charge in [0.15, 0.2) is 4.96 Å². The van der Waals surface area contributed by atoms with E-state index in [-0.39, 0.29) is 5.91 Å². The van der Waals surface area contributed by atoms with Crippen LogP contribution in [0.3, 0.4) is 0 Å². The van der Waals surface area contributed by atoms with Crippen LogP contribution in [0.1, 0.15) is 21.1 Å². The molecule has 0 saturated carbocycles. The number of carbonyl (C=O) groups excluding carboxylic acids is 1. The van der Waals surface area contributed by atoms with E-state index in [0.29, 0.717) is 11.4 Å². The number of carbonyl (C=O) groups is 1. The van der Waals surface area contributed by atoms with Gasteiger partial charge in [-0.2, -0.15) is 0 Å². The molecule has 8 heteroatoms. The molecule has 164 valence electrons. The van der Waals surface area contributed by atoms with Crippen molar-refractivity contribution in [2.24, 2.45) is 0 Å². The smallest absolute Gasteiger partial charge is 0.263 e. The molecular weight excluding hydrogens is 434 g/mol. The highest BCUT2D eigenvalue weighted by Crippen LogP contribution is 2.28. The SMILES string of the molecule is COc1ccc(-c2cn3c(C)c(C(=O)NCc4cc(-c5ccccc5)ncn4)sc3n2)cc1. The molecule has 1 amide bonds. The predicted molar refractivity (Wildman–Crippen MR) is 128 cm³/mol. The number of benzene rings is 2. The number of ether oxygens (including phenoxy) is 1. The number of aryl methyl sites for hydroxylation is 1. The molecule has 0 saturated heterocycles. The minimum atomic E-state index is -0.145. The van der Waals surface area contributed by atoms with E-state index in [1.807, 2.05) is 78.2 Å². The van der Waals surface area contributed by atoms with Crippen molar-refractivity contribution in [2.75, 3.05) is 7.11 Å². The first-order chi connectivity index (χ1) is 16.1. The number of nitrogens with one attached hydrogen (secondary N) is 1. The van der Waals surface area contributed by atoms with Gasteiger partial charge >= 0.3 is 0 Å². The van der Waals surface area contributed by atoms with Crippen molar-refractivity contribution in [1.29, 1.82) is 0 Å². The Labute approximate surface area is 194 Å². The average molecular weight is 456 g/mol. The van der Waals surface area contributed by atoms with Crippen molar-refractivity contribution in [1.82, 2.24) is 24.7 Å². The maximum Gasteiger partial charge on any atom is 0.263 e. The number of hydrogen-bond acceptors (Lipinski definition) is 6. The first-order valence-electron chi connectivity index (χ1n) is 10.4. The van der Waals surface area contributed by atoms with E-state index < -0.39 is 0 Å². The molecule has 3 heterocycles. The van der Waals surface area contributed by atoms with Crippen molar-refractivity contribution < 1.29 is 9.53 Å². The number of thiazole rings is 1. The Morgan fingerprint density at radius 3 is 2.52 bits per heavy atom. The molecule has 0 bridgehead atoms. The second-order valence-electron chi connectivity index (χ2n) is 7.47. The fourth-order valence-corrected chi connectivity index (χ4v) is 4.60. The number of fused-ring (bicyclic) bond motifs is 1. The van der Waals surface area contributed by atoms with Crippen LogP contribution in [0.25, 0.3) is 27.5 Å². The lowest BCUT2D eigenvalue weighted by Gasteiger charge is -2.06. The van der Waals surface area contributed by atoms with Gasteiger partial charge in [-0.15, -0.1) is 0 Å². The highest BCUT2D eigenvalue weighted by molar-refractivity contribution is 7.19. The first-order valence-corrected chi connectivity index (χ1v) is 11.2. The molecule has 1 N–H and O–H groups in total. The molecule has 0 aliphatic rings. The molecule has 0 atom stereocenters. The molecule has 33 heavy (non-hydrogen) atoms. The van der Waals surface area contributed by atoms with Gasteiger partial charge in [0.1, 0.15) is 17.0 Å². The molecule has 0 aliphatic heterocycles. The van der Waals surface area contributed by atoms with Crippen LogP contribution in [-0.2, 0) is 6.54 Å². The summed E-state index contributed by atoms with van der Waals surface area (Å²) in [5.74, 6) is 0.656. The van der Waals surface area contributed by atoms with Crippen molar-refractivity contribution in [3.8, 4) is 28.3 Å². The van der Waals surface area contributed by atoms with Gasteiger partial charge in [-0.1, -0.05) is 41.7 Å². The zero-order chi connectivity index (χ0) is 22.8. The van der Waals surface area contributed by atoms with Gasteiger partial charge in [-0.05, 0) is 37.3 Å². The zero-order valence-corrected chi connectivity index (χ0v) is 19.0. The summed E-state index contributed by atoms with van der Waals surface area (Å²) in [5.41, 5.74) is 5.29. The number of rotatable bonds is 6. The van der Waals surface area contributed by atoms with E-state index in [1.54, 1.807) is 7.11 Å². The van der Waals surface area contributed by atoms with Gasteiger partial charge in [0.2, 0.25) is 0 Å². The van der Waals surface area contributed by atoms with E-state index in [0.717, 1.165) is 44.6 Å². The molecule has 0 unspecified atom stereocenters. The molecule has 0 aliphatic carbocycles. The standard InChI is InChI=1S/C25H21N5O2S/c1-16-23(33-25-29-22(14-30(16)25)18-8-10-20(32-2)11-9-18)24(31)26-13-19-12-21(28-15-27-19)17-6-4-3-5-7-17/h3-12,14-15H,13H2,1-2H3,(H,26,31). The quantitative estimate of drug-likeness (QED) is 0.399. The van der Waals surface area contributed by atoms with Crippen LogP contribution in [0.15, 0.2) is 73.2 Å². The van der Waals surface area contributed by atoms with Crippen LogP contribution in [0.4, 0.5) is 0 Å². The van der Waals surface area contributed by atoms with Gasteiger partial charge in [0.25, 0.3) is 5.91 Å². The van der Waals surface area contributed by atoms with E-state index in [9.17, 15) is 4.79 Å². The molecule has 7 nitrogen and oxygen atoms in total. The third-order valence-corrected chi connectivity index (χ3v) is 6.53. The normalized spacial score (nSPS) is 11.0. The van der Waals surface area contributed by atoms with Crippen molar-refractivity contribution in [2.45, 2.75) is 13.5 Å². The van der Waals surface area contributed by atoms with Gasteiger partial charge in [-0.25, -0.2) is 15.0 Å². The monoisotopic (exact) mass is 455 g/mol. The molecule has 0 spiro atoms. The number of methoxy groups -OCH3 is 1. The first kappa shape index (κ1) is 20.8. The lowest BCUT2D eigenvalue weighted by molar-refractivity contribution is 0.0953. The highest BCUT2D eigenvalue weighted by atomic mass is 32.1. The van der Waals surface area contributed by atoms with Gasteiger partial charge < -0.3 is 10.1 Å². The molecule has 0 radical (unpaired) electrons. The summed E-state index contributed by atoms with van der Waals surface area (Å²) >= 11 is 1.37. The largest absolute Gasteiger partial charge is 0.497 e. The number of hydrogen-bond donors (Lipinski definition) is 1. The molecule has 5 rings (SSSR count). The van der Waals surface area contributed by atoms with Gasteiger partial charge in [-0.3, -0.25) is 9.20 Å². The van der Waals surface area contributed by atoms with Gasteiger partial charge in [0.05, 0.1) is 30.7 Å². The highest BCUT2D eigenvalue weighted by Gasteiger charge is 2.18. The summed E-state index contributed by atoms with van der Waals surface area (Å²) in [4.78, 5) is 27.6. The molecule has 3 aromatic heterocycles. The van der Waals surface area contributed by atoms with Crippen LogP contribution in [0.5, 0.6) is 5.75 Å². The third kappa shape index (κ3) is 4.20. The van der Waals surface area contributed by atoms with E-state index in [2.05, 4.69) is 15.3 Å². The Morgan fingerprint density at radius 1 is 1.03 bits per heavy atom. The Hall–Kier alpha value is -4.04. The van der Waals surface area contributed by atoms with Crippen LogP contribution >= 0.6 is 11.3 Å². The molecule has 2 aromatic carbocycles. The summed E-state index contributed by atoms with van der Waals surface area (Å²) in [7, 11) is 1.64. The Bertz CT molecular complexity index is 1420. The van der Waals surface area contributed by atoms with Crippen LogP contribution < -0.4 is 10.1 Å². The summed E-state index contributed by atoms with van der Waals surface area (Å²) in [6.07, 6.45) is 3.48. The number of nitrogens with zero attached hydrogens (tertiary/aromatic N) is 4. The fraction of sp³-hybridized carbons (Fsp3) is 0.120. The van der Waals surface area contributed by atoms with Gasteiger partial charge in [0, 0.05) is 23.0 Å². The third-order valence-electron chi connectivity index (χ3n) is 5.37. The number of aromatic nitrogens is 4. The van der Waals surface area contributed by atoms with E-state index >= 15 is 0 Å². The van der Waals surface area contributed by atoms with E-state index in [4.69, 9.17) is 9.72 Å². The minimum Gasteiger partial charge on any atom is -0.497 e. The van der Waals surface area contributed by atoms with E-state index in [1.165, 1.54) is 17.7 Å². The Morgan fingerprint density at radius 2 is 1.79 bits per heavy atom. The van der Waals surface area contributed by atoms with Crippen LogP contribution in [0, 0.1) is 6.92 Å². The van der Waals surface area contributed by atoms with Crippen LogP contribution in [-0.4, -0.2) is 32.4 Å². The second-order valence-corrected chi connectivity index (χ2v) is 8.44. The Balaban J connectivity index is 1.32. The summed E-state index contributed by atoms with van der Waals surface area (Å²) in [5, 5.41) is 2.97. The molecule has 5 aromatic rings. The summed E-state index contributed by atoms with van der Waals surface area (Å²) in [6.45, 7) is 2.24. The number of amides is 1. The molecule has 0 fully saturated rings. The van der Waals surface area contributed by atoms with Crippen molar-refractivity contribution >= 4 is 22.2 Å². The summed E-state index contributed by atoms with van der Waals surface area (Å²) < 4.78 is 7.17. The fourth-order valence-electron chi connectivity index (χ4n) is 3.57. The average Bonchev–Trinajstić information content (AvgIpc) is 3.43. The lowest BCUT2D eigenvalue weighted by Crippen LogP contribution is -2.23. The maximum absolute atomic E-state index is 12.9. The van der Waals surface area contributed by atoms with Crippen molar-refractivity contribution in [3.63, 3.8) is 0 Å². The summed E-state index contributed by atoms with van der Waals surface area (Å²) in [6, 6.07) is 19.5. The minimum absolute atomic E-state index is 0.145. The van der Waals surface area contributed by atoms with Crippen molar-refractivity contribution in [3.05, 3.63) is 89.5 Å². The lowest BCUT2D eigenvalue weighted by atomic mass is 10.1. The Kier molecular flexibility index (Phi) is 5.58. The number of imidazole rings is 1. The predicted octanol–water partition coefficient (Wildman–Crippen LogP) is 4.77. The molecular formula is C25H21N5O2S. The maximum atomic E-state index is 12.9. The topological polar surface area (TPSA) is 81.4 Å². The second kappa shape index (κ2) is 8.84.